The summed E-state index contributed by atoms with van der Waals surface area (Å²) in [4.78, 5) is 14.1. The van der Waals surface area contributed by atoms with Gasteiger partial charge in [-0.2, -0.15) is 8.42 Å². The highest BCUT2D eigenvalue weighted by Crippen LogP contribution is 2.31. The Labute approximate surface area is 183 Å². The maximum absolute atomic E-state index is 13.1. The number of nitrogens with one attached hydrogen (secondary N) is 1. The Balaban J connectivity index is 2.31. The number of urea groups is 1. The fraction of sp³-hybridized carbons (Fsp3) is 0.409. The Kier molecular flexibility index (Phi) is 8.27. The van der Waals surface area contributed by atoms with Crippen molar-refractivity contribution >= 4 is 16.1 Å². The Bertz CT molecular complexity index is 991. The molecule has 0 aromatic heterocycles. The highest BCUT2D eigenvalue weighted by molar-refractivity contribution is 7.87. The molecule has 7 nitrogen and oxygen atoms in total. The molecule has 0 bridgehead atoms. The van der Waals surface area contributed by atoms with Gasteiger partial charge in [-0.15, -0.1) is 0 Å². The molecule has 31 heavy (non-hydrogen) atoms. The minimum atomic E-state index is -4.20. The Hall–Kier alpha value is -2.81. The fourth-order valence-corrected chi connectivity index (χ4v) is 3.80. The predicted octanol–water partition coefficient (Wildman–Crippen LogP) is 4.18. The van der Waals surface area contributed by atoms with E-state index in [4.69, 9.17) is 8.92 Å². The number of rotatable bonds is 9. The van der Waals surface area contributed by atoms with Crippen molar-refractivity contribution in [1.82, 2.24) is 10.2 Å². The van der Waals surface area contributed by atoms with Crippen LogP contribution in [0.4, 0.5) is 9.18 Å². The third-order valence-corrected chi connectivity index (χ3v) is 5.44. The summed E-state index contributed by atoms with van der Waals surface area (Å²) in [6.07, 6.45) is 0. The maximum Gasteiger partial charge on any atom is 0.339 e. The van der Waals surface area contributed by atoms with Crippen LogP contribution in [0.2, 0.25) is 0 Å². The van der Waals surface area contributed by atoms with E-state index in [0.29, 0.717) is 12.1 Å². The van der Waals surface area contributed by atoms with E-state index in [1.54, 1.807) is 17.0 Å². The van der Waals surface area contributed by atoms with E-state index in [9.17, 15) is 17.6 Å². The number of hydrogen-bond donors (Lipinski definition) is 1. The SMILES string of the molecule is COc1ccc(CN(CC(C)C)C(=O)NC(C)C)cc1OS(=O)(=O)c1ccc(F)cc1. The standard InChI is InChI=1S/C22H29FN2O5S/c1-15(2)13-25(22(26)24-16(3)4)14-17-6-11-20(29-5)21(12-17)30-31(27,28)19-9-7-18(23)8-10-19/h6-12,15-16H,13-14H2,1-5H3,(H,24,26). The first kappa shape index (κ1) is 24.5. The zero-order valence-electron chi connectivity index (χ0n) is 18.4. The minimum absolute atomic E-state index is 0.0157. The van der Waals surface area contributed by atoms with E-state index < -0.39 is 15.9 Å². The van der Waals surface area contributed by atoms with Crippen LogP contribution in [0.5, 0.6) is 11.5 Å². The first-order chi connectivity index (χ1) is 14.5. The van der Waals surface area contributed by atoms with Crippen LogP contribution in [-0.2, 0) is 16.7 Å². The van der Waals surface area contributed by atoms with E-state index in [0.717, 1.165) is 24.3 Å². The van der Waals surface area contributed by atoms with Crippen molar-refractivity contribution in [1.29, 1.82) is 0 Å². The molecule has 0 saturated heterocycles. The highest BCUT2D eigenvalue weighted by Gasteiger charge is 2.21. The van der Waals surface area contributed by atoms with Crippen LogP contribution in [0, 0.1) is 11.7 Å². The van der Waals surface area contributed by atoms with Gasteiger partial charge in [-0.05, 0) is 61.7 Å². The van der Waals surface area contributed by atoms with Crippen molar-refractivity contribution in [3.63, 3.8) is 0 Å². The van der Waals surface area contributed by atoms with Gasteiger partial charge in [-0.3, -0.25) is 0 Å². The van der Waals surface area contributed by atoms with Crippen LogP contribution >= 0.6 is 0 Å². The number of halogens is 1. The highest BCUT2D eigenvalue weighted by atomic mass is 32.2. The Morgan fingerprint density at radius 3 is 2.26 bits per heavy atom. The summed E-state index contributed by atoms with van der Waals surface area (Å²) in [5, 5.41) is 2.87. The second kappa shape index (κ2) is 10.5. The molecule has 2 rings (SSSR count). The third kappa shape index (κ3) is 7.13. The maximum atomic E-state index is 13.1. The second-order valence-electron chi connectivity index (χ2n) is 7.86. The Morgan fingerprint density at radius 1 is 1.06 bits per heavy atom. The largest absolute Gasteiger partial charge is 0.493 e. The topological polar surface area (TPSA) is 84.9 Å². The van der Waals surface area contributed by atoms with Crippen LogP contribution in [-0.4, -0.2) is 39.0 Å². The summed E-state index contributed by atoms with van der Waals surface area (Å²) in [5.41, 5.74) is 0.671. The fourth-order valence-electron chi connectivity index (χ4n) is 2.87. The molecular formula is C22H29FN2O5S. The van der Waals surface area contributed by atoms with Gasteiger partial charge in [0, 0.05) is 19.1 Å². The van der Waals surface area contributed by atoms with Crippen LogP contribution in [0.3, 0.4) is 0 Å². The molecular weight excluding hydrogens is 423 g/mol. The lowest BCUT2D eigenvalue weighted by molar-refractivity contribution is 0.185. The quantitative estimate of drug-likeness (QED) is 0.577. The summed E-state index contributed by atoms with van der Waals surface area (Å²) in [5.74, 6) is -0.108. The van der Waals surface area contributed by atoms with E-state index in [2.05, 4.69) is 5.32 Å². The van der Waals surface area contributed by atoms with Crippen molar-refractivity contribution in [3.8, 4) is 11.5 Å². The summed E-state index contributed by atoms with van der Waals surface area (Å²) < 4.78 is 48.9. The second-order valence-corrected chi connectivity index (χ2v) is 9.40. The molecule has 2 aromatic carbocycles. The number of nitrogens with zero attached hydrogens (tertiary/aromatic N) is 1. The van der Waals surface area contributed by atoms with E-state index in [-0.39, 0.29) is 40.9 Å². The molecule has 0 heterocycles. The predicted molar refractivity (Wildman–Crippen MR) is 116 cm³/mol. The molecule has 1 N–H and O–H groups in total. The first-order valence-corrected chi connectivity index (χ1v) is 11.3. The van der Waals surface area contributed by atoms with Gasteiger partial charge >= 0.3 is 16.1 Å². The molecule has 0 spiro atoms. The number of hydrogen-bond acceptors (Lipinski definition) is 5. The molecule has 9 heteroatoms. The molecule has 0 aliphatic heterocycles. The molecule has 0 radical (unpaired) electrons. The van der Waals surface area contributed by atoms with Gasteiger partial charge in [-0.25, -0.2) is 9.18 Å². The van der Waals surface area contributed by atoms with Crippen LogP contribution in [0.15, 0.2) is 47.4 Å². The van der Waals surface area contributed by atoms with Crippen molar-refractivity contribution < 1.29 is 26.5 Å². The number of carbonyl (C=O) groups is 1. The summed E-state index contributed by atoms with van der Waals surface area (Å²) in [7, 11) is -2.80. The average molecular weight is 453 g/mol. The van der Waals surface area contributed by atoms with Gasteiger partial charge < -0.3 is 19.1 Å². The molecule has 0 atom stereocenters. The van der Waals surface area contributed by atoms with Crippen molar-refractivity contribution in [2.75, 3.05) is 13.7 Å². The summed E-state index contributed by atoms with van der Waals surface area (Å²) in [6.45, 7) is 8.56. The molecule has 2 aromatic rings. The monoisotopic (exact) mass is 452 g/mol. The smallest absolute Gasteiger partial charge is 0.339 e. The van der Waals surface area contributed by atoms with Gasteiger partial charge in [0.05, 0.1) is 7.11 Å². The van der Waals surface area contributed by atoms with Crippen LogP contribution in [0.25, 0.3) is 0 Å². The van der Waals surface area contributed by atoms with E-state index >= 15 is 0 Å². The van der Waals surface area contributed by atoms with Gasteiger partial charge in [0.15, 0.2) is 11.5 Å². The number of benzene rings is 2. The van der Waals surface area contributed by atoms with Gasteiger partial charge in [-0.1, -0.05) is 19.9 Å². The van der Waals surface area contributed by atoms with Gasteiger partial charge in [0.2, 0.25) is 0 Å². The average Bonchev–Trinajstić information content (AvgIpc) is 2.67. The zero-order chi connectivity index (χ0) is 23.2. The summed E-state index contributed by atoms with van der Waals surface area (Å²) >= 11 is 0. The molecule has 170 valence electrons. The van der Waals surface area contributed by atoms with Crippen LogP contribution in [0.1, 0.15) is 33.3 Å². The molecule has 2 amide bonds. The lowest BCUT2D eigenvalue weighted by Gasteiger charge is -2.26. The number of methoxy groups -OCH3 is 1. The van der Waals surface area contributed by atoms with Crippen LogP contribution < -0.4 is 14.2 Å². The van der Waals surface area contributed by atoms with Crippen molar-refractivity contribution in [3.05, 3.63) is 53.8 Å². The number of amides is 2. The normalized spacial score (nSPS) is 11.5. The molecule has 0 aliphatic carbocycles. The van der Waals surface area contributed by atoms with E-state index in [1.807, 2.05) is 27.7 Å². The number of carbonyl (C=O) groups excluding carboxylic acids is 1. The van der Waals surface area contributed by atoms with Gasteiger partial charge in [0.1, 0.15) is 10.7 Å². The molecule has 0 aliphatic rings. The van der Waals surface area contributed by atoms with E-state index in [1.165, 1.54) is 13.2 Å². The lowest BCUT2D eigenvalue weighted by Crippen LogP contribution is -2.44. The van der Waals surface area contributed by atoms with Crippen molar-refractivity contribution in [2.45, 2.75) is 45.2 Å². The molecule has 0 unspecified atom stereocenters. The third-order valence-electron chi connectivity index (χ3n) is 4.19. The number of ether oxygens (including phenoxy) is 1. The zero-order valence-corrected chi connectivity index (χ0v) is 19.2. The van der Waals surface area contributed by atoms with Crippen molar-refractivity contribution in [2.24, 2.45) is 5.92 Å². The Morgan fingerprint density at radius 2 is 1.71 bits per heavy atom. The lowest BCUT2D eigenvalue weighted by atomic mass is 10.1. The minimum Gasteiger partial charge on any atom is -0.493 e. The molecule has 0 fully saturated rings. The summed E-state index contributed by atoms with van der Waals surface area (Å²) in [6, 6.07) is 8.96. The molecule has 0 saturated carbocycles. The first-order valence-electron chi connectivity index (χ1n) is 9.94. The van der Waals surface area contributed by atoms with Gasteiger partial charge in [0.25, 0.3) is 0 Å².